The van der Waals surface area contributed by atoms with Crippen molar-refractivity contribution in [2.75, 3.05) is 7.11 Å². The highest BCUT2D eigenvalue weighted by molar-refractivity contribution is 6.32. The van der Waals surface area contributed by atoms with Gasteiger partial charge < -0.3 is 13.9 Å². The maximum Gasteiger partial charge on any atom is 0.340 e. The number of aryl methyl sites for hydroxylation is 1. The minimum absolute atomic E-state index is 0.104. The summed E-state index contributed by atoms with van der Waals surface area (Å²) in [5.74, 6) is -0.594. The summed E-state index contributed by atoms with van der Waals surface area (Å²) in [6.07, 6.45) is -0.184. The average Bonchev–Trinajstić information content (AvgIpc) is 2.64. The van der Waals surface area contributed by atoms with Gasteiger partial charge in [-0.15, -0.1) is 0 Å². The van der Waals surface area contributed by atoms with E-state index in [0.29, 0.717) is 27.3 Å². The predicted octanol–water partition coefficient (Wildman–Crippen LogP) is 4.19. The Morgan fingerprint density at radius 1 is 1.26 bits per heavy atom. The summed E-state index contributed by atoms with van der Waals surface area (Å²) in [6, 6.07) is 9.13. The summed E-state index contributed by atoms with van der Waals surface area (Å²) in [5, 5.41) is 0.900. The Morgan fingerprint density at radius 3 is 2.74 bits per heavy atom. The Labute approximate surface area is 159 Å². The van der Waals surface area contributed by atoms with Crippen molar-refractivity contribution in [2.45, 2.75) is 20.0 Å². The third kappa shape index (κ3) is 4.11. The highest BCUT2D eigenvalue weighted by atomic mass is 35.5. The Morgan fingerprint density at radius 2 is 2.04 bits per heavy atom. The molecule has 0 aliphatic carbocycles. The fraction of sp³-hybridized carbons (Fsp3) is 0.200. The van der Waals surface area contributed by atoms with Crippen molar-refractivity contribution in [3.05, 3.63) is 74.3 Å². The van der Waals surface area contributed by atoms with Gasteiger partial charge in [-0.3, -0.25) is 4.79 Å². The van der Waals surface area contributed by atoms with Gasteiger partial charge in [-0.25, -0.2) is 9.18 Å². The van der Waals surface area contributed by atoms with Crippen molar-refractivity contribution in [1.29, 1.82) is 0 Å². The number of carbonyl (C=O) groups excluding carboxylic acids is 1. The van der Waals surface area contributed by atoms with E-state index in [2.05, 4.69) is 4.74 Å². The summed E-state index contributed by atoms with van der Waals surface area (Å²) >= 11 is 6.29. The van der Waals surface area contributed by atoms with Crippen molar-refractivity contribution in [3.8, 4) is 5.75 Å². The van der Waals surface area contributed by atoms with E-state index >= 15 is 0 Å². The fourth-order valence-corrected chi connectivity index (χ4v) is 2.93. The Balaban J connectivity index is 1.95. The molecule has 27 heavy (non-hydrogen) atoms. The molecule has 0 amide bonds. The SMILES string of the molecule is COC(=O)Cc1c(C)c2cc(Cl)c(OCc3cccc(F)c3)cc2oc1=O. The lowest BCUT2D eigenvalue weighted by Gasteiger charge is -2.11. The largest absolute Gasteiger partial charge is 0.487 e. The molecule has 0 fully saturated rings. The first-order valence-corrected chi connectivity index (χ1v) is 8.46. The van der Waals surface area contributed by atoms with E-state index in [1.54, 1.807) is 25.1 Å². The molecule has 0 saturated heterocycles. The van der Waals surface area contributed by atoms with Crippen LogP contribution in [0.3, 0.4) is 0 Å². The molecule has 0 atom stereocenters. The second-order valence-corrected chi connectivity index (χ2v) is 6.35. The van der Waals surface area contributed by atoms with Gasteiger partial charge in [0.1, 0.15) is 23.8 Å². The highest BCUT2D eigenvalue weighted by Gasteiger charge is 2.17. The van der Waals surface area contributed by atoms with Crippen LogP contribution in [-0.2, 0) is 22.6 Å². The molecule has 140 valence electrons. The molecule has 7 heteroatoms. The second kappa shape index (κ2) is 7.80. The lowest BCUT2D eigenvalue weighted by atomic mass is 10.0. The van der Waals surface area contributed by atoms with Gasteiger partial charge in [-0.2, -0.15) is 0 Å². The second-order valence-electron chi connectivity index (χ2n) is 5.94. The zero-order valence-electron chi connectivity index (χ0n) is 14.7. The number of esters is 1. The molecule has 3 rings (SSSR count). The normalized spacial score (nSPS) is 10.8. The third-order valence-corrected chi connectivity index (χ3v) is 4.47. The molecule has 3 aromatic rings. The third-order valence-electron chi connectivity index (χ3n) is 4.17. The molecule has 0 aliphatic rings. The van der Waals surface area contributed by atoms with Crippen LogP contribution in [0, 0.1) is 12.7 Å². The van der Waals surface area contributed by atoms with Crippen LogP contribution in [0.25, 0.3) is 11.0 Å². The number of fused-ring (bicyclic) bond motifs is 1. The zero-order valence-corrected chi connectivity index (χ0v) is 15.4. The van der Waals surface area contributed by atoms with Crippen molar-refractivity contribution in [2.24, 2.45) is 0 Å². The molecule has 0 radical (unpaired) electrons. The molecule has 1 heterocycles. The fourth-order valence-electron chi connectivity index (χ4n) is 2.71. The Bertz CT molecular complexity index is 1070. The van der Waals surface area contributed by atoms with E-state index in [4.69, 9.17) is 20.8 Å². The van der Waals surface area contributed by atoms with E-state index in [9.17, 15) is 14.0 Å². The first-order valence-electron chi connectivity index (χ1n) is 8.09. The summed E-state index contributed by atoms with van der Waals surface area (Å²) in [5.41, 5.74) is 1.11. The molecular formula is C20H16ClFO5. The van der Waals surface area contributed by atoms with Gasteiger partial charge in [0.05, 0.1) is 24.1 Å². The van der Waals surface area contributed by atoms with Crippen LogP contribution in [0.2, 0.25) is 5.02 Å². The van der Waals surface area contributed by atoms with Crippen LogP contribution < -0.4 is 10.4 Å². The maximum absolute atomic E-state index is 13.3. The summed E-state index contributed by atoms with van der Waals surface area (Å²) in [4.78, 5) is 23.7. The molecule has 2 aromatic carbocycles. The quantitative estimate of drug-likeness (QED) is 0.483. The lowest BCUT2D eigenvalue weighted by Crippen LogP contribution is -2.16. The molecular weight excluding hydrogens is 375 g/mol. The molecule has 5 nitrogen and oxygen atoms in total. The summed E-state index contributed by atoms with van der Waals surface area (Å²) in [6.45, 7) is 1.81. The van der Waals surface area contributed by atoms with Crippen molar-refractivity contribution < 1.29 is 23.1 Å². The van der Waals surface area contributed by atoms with Crippen LogP contribution in [-0.4, -0.2) is 13.1 Å². The predicted molar refractivity (Wildman–Crippen MR) is 98.7 cm³/mol. The Hall–Kier alpha value is -2.86. The van der Waals surface area contributed by atoms with Crippen LogP contribution in [0.4, 0.5) is 4.39 Å². The van der Waals surface area contributed by atoms with Gasteiger partial charge in [-0.05, 0) is 36.2 Å². The number of hydrogen-bond acceptors (Lipinski definition) is 5. The number of halogens is 2. The molecule has 0 N–H and O–H groups in total. The topological polar surface area (TPSA) is 65.7 Å². The minimum atomic E-state index is -0.621. The summed E-state index contributed by atoms with van der Waals surface area (Å²) < 4.78 is 28.8. The number of carbonyl (C=O) groups is 1. The van der Waals surface area contributed by atoms with Gasteiger partial charge in [0.25, 0.3) is 0 Å². The standard InChI is InChI=1S/C20H16ClFO5/c1-11-14-7-16(21)18(26-10-12-4-3-5-13(22)6-12)9-17(14)27-20(24)15(11)8-19(23)25-2/h3-7,9H,8,10H2,1-2H3. The molecule has 0 aliphatic heterocycles. The molecule has 0 unspecified atom stereocenters. The van der Waals surface area contributed by atoms with Gasteiger partial charge >= 0.3 is 11.6 Å². The van der Waals surface area contributed by atoms with Gasteiger partial charge in [0.15, 0.2) is 0 Å². The van der Waals surface area contributed by atoms with Gasteiger partial charge in [-0.1, -0.05) is 23.7 Å². The number of hydrogen-bond donors (Lipinski definition) is 0. The lowest BCUT2D eigenvalue weighted by molar-refractivity contribution is -0.139. The summed E-state index contributed by atoms with van der Waals surface area (Å²) in [7, 11) is 1.25. The van der Waals surface area contributed by atoms with Crippen molar-refractivity contribution in [3.63, 3.8) is 0 Å². The van der Waals surface area contributed by atoms with Gasteiger partial charge in [0, 0.05) is 11.5 Å². The monoisotopic (exact) mass is 390 g/mol. The molecule has 0 bridgehead atoms. The smallest absolute Gasteiger partial charge is 0.340 e. The molecule has 0 saturated carbocycles. The van der Waals surface area contributed by atoms with Crippen LogP contribution in [0.5, 0.6) is 5.75 Å². The van der Waals surface area contributed by atoms with E-state index in [0.717, 1.165) is 0 Å². The first kappa shape index (κ1) is 18.9. The molecule has 1 aromatic heterocycles. The van der Waals surface area contributed by atoms with Crippen LogP contribution >= 0.6 is 11.6 Å². The Kier molecular flexibility index (Phi) is 5.46. The van der Waals surface area contributed by atoms with Crippen LogP contribution in [0.15, 0.2) is 45.6 Å². The average molecular weight is 391 g/mol. The minimum Gasteiger partial charge on any atom is -0.487 e. The van der Waals surface area contributed by atoms with E-state index in [-0.39, 0.29) is 30.0 Å². The number of methoxy groups -OCH3 is 1. The van der Waals surface area contributed by atoms with E-state index in [1.165, 1.54) is 25.3 Å². The van der Waals surface area contributed by atoms with Crippen molar-refractivity contribution in [1.82, 2.24) is 0 Å². The van der Waals surface area contributed by atoms with Crippen LogP contribution in [0.1, 0.15) is 16.7 Å². The van der Waals surface area contributed by atoms with E-state index < -0.39 is 11.6 Å². The number of ether oxygens (including phenoxy) is 2. The van der Waals surface area contributed by atoms with E-state index in [1.807, 2.05) is 0 Å². The first-order chi connectivity index (χ1) is 12.9. The molecule has 0 spiro atoms. The maximum atomic E-state index is 13.3. The number of benzene rings is 2. The zero-order chi connectivity index (χ0) is 19.6. The van der Waals surface area contributed by atoms with Crippen molar-refractivity contribution >= 4 is 28.5 Å². The van der Waals surface area contributed by atoms with Gasteiger partial charge in [0.2, 0.25) is 0 Å². The number of rotatable bonds is 5. The highest BCUT2D eigenvalue weighted by Crippen LogP contribution is 2.32.